The van der Waals surface area contributed by atoms with Crippen LogP contribution in [0.25, 0.3) is 0 Å². The molecule has 1 heterocycles. The summed E-state index contributed by atoms with van der Waals surface area (Å²) in [6.07, 6.45) is 0.166. The highest BCUT2D eigenvalue weighted by molar-refractivity contribution is 6.05. The molecule has 0 radical (unpaired) electrons. The third-order valence-electron chi connectivity index (χ3n) is 4.76. The lowest BCUT2D eigenvalue weighted by Crippen LogP contribution is -2.41. The number of para-hydroxylation sites is 2. The Hall–Kier alpha value is -3.35. The molecule has 29 heavy (non-hydrogen) atoms. The Morgan fingerprint density at radius 2 is 1.97 bits per heavy atom. The number of hydrogen-bond donors (Lipinski definition) is 1. The van der Waals surface area contributed by atoms with Gasteiger partial charge in [-0.2, -0.15) is 0 Å². The zero-order valence-electron chi connectivity index (χ0n) is 16.7. The van der Waals surface area contributed by atoms with Gasteiger partial charge in [0.25, 0.3) is 5.91 Å². The van der Waals surface area contributed by atoms with Crippen LogP contribution in [-0.2, 0) is 25.5 Å². The molecule has 2 aromatic rings. The number of fused-ring (bicyclic) bond motifs is 1. The van der Waals surface area contributed by atoms with Gasteiger partial charge in [0.2, 0.25) is 5.91 Å². The monoisotopic (exact) mass is 396 g/mol. The fourth-order valence-corrected chi connectivity index (χ4v) is 3.43. The highest BCUT2D eigenvalue weighted by atomic mass is 16.5. The first-order valence-electron chi connectivity index (χ1n) is 9.39. The second kappa shape index (κ2) is 8.77. The van der Waals surface area contributed by atoms with Crippen molar-refractivity contribution in [3.05, 3.63) is 53.6 Å². The average molecular weight is 396 g/mol. The van der Waals surface area contributed by atoms with E-state index in [4.69, 9.17) is 9.47 Å². The zero-order chi connectivity index (χ0) is 21.0. The molecule has 0 saturated carbocycles. The molecule has 0 aliphatic carbocycles. The standard InChI is InChI=1S/C22H24N2O5/c1-14-8-9-19(28-3)16(10-14)12-22(27)29-13-21(26)24-15(2)11-20(25)23-17-6-4-5-7-18(17)24/h4-10,15H,11-13H2,1-3H3,(H,23,25)/t15-/m0/s1. The quantitative estimate of drug-likeness (QED) is 0.786. The Bertz CT molecular complexity index is 941. The fraction of sp³-hybridized carbons (Fsp3) is 0.318. The number of amides is 2. The lowest BCUT2D eigenvalue weighted by molar-refractivity contribution is -0.147. The van der Waals surface area contributed by atoms with Crippen LogP contribution < -0.4 is 15.0 Å². The number of carbonyl (C=O) groups excluding carboxylic acids is 3. The van der Waals surface area contributed by atoms with E-state index in [-0.39, 0.29) is 30.7 Å². The van der Waals surface area contributed by atoms with Gasteiger partial charge in [0.05, 0.1) is 24.9 Å². The summed E-state index contributed by atoms with van der Waals surface area (Å²) in [5.41, 5.74) is 2.85. The summed E-state index contributed by atoms with van der Waals surface area (Å²) < 4.78 is 10.5. The number of nitrogens with zero attached hydrogens (tertiary/aromatic N) is 1. The minimum absolute atomic E-state index is 0.00428. The van der Waals surface area contributed by atoms with E-state index in [0.717, 1.165) is 5.56 Å². The first-order chi connectivity index (χ1) is 13.9. The molecule has 1 aliphatic rings. The van der Waals surface area contributed by atoms with E-state index in [9.17, 15) is 14.4 Å². The highest BCUT2D eigenvalue weighted by Crippen LogP contribution is 2.31. The highest BCUT2D eigenvalue weighted by Gasteiger charge is 2.30. The van der Waals surface area contributed by atoms with E-state index in [2.05, 4.69) is 5.32 Å². The van der Waals surface area contributed by atoms with Gasteiger partial charge in [-0.25, -0.2) is 0 Å². The third kappa shape index (κ3) is 4.74. The maximum absolute atomic E-state index is 12.8. The molecule has 0 saturated heterocycles. The minimum atomic E-state index is -0.521. The van der Waals surface area contributed by atoms with Crippen molar-refractivity contribution in [3.63, 3.8) is 0 Å². The van der Waals surface area contributed by atoms with Crippen molar-refractivity contribution in [2.75, 3.05) is 23.9 Å². The topological polar surface area (TPSA) is 84.9 Å². The number of hydrogen-bond acceptors (Lipinski definition) is 5. The second-order valence-electron chi connectivity index (χ2n) is 7.03. The van der Waals surface area contributed by atoms with Crippen molar-refractivity contribution in [2.24, 2.45) is 0 Å². The Morgan fingerprint density at radius 1 is 1.21 bits per heavy atom. The van der Waals surface area contributed by atoms with E-state index in [1.807, 2.05) is 19.1 Å². The lowest BCUT2D eigenvalue weighted by Gasteiger charge is -2.27. The maximum atomic E-state index is 12.8. The van der Waals surface area contributed by atoms with Crippen molar-refractivity contribution >= 4 is 29.2 Å². The minimum Gasteiger partial charge on any atom is -0.496 e. The van der Waals surface area contributed by atoms with Crippen LogP contribution in [0.4, 0.5) is 11.4 Å². The zero-order valence-corrected chi connectivity index (χ0v) is 16.7. The summed E-state index contributed by atoms with van der Waals surface area (Å²) in [6, 6.07) is 12.3. The SMILES string of the molecule is COc1ccc(C)cc1CC(=O)OCC(=O)N1c2ccccc2NC(=O)C[C@@H]1C. The van der Waals surface area contributed by atoms with Gasteiger partial charge in [-0.1, -0.05) is 29.8 Å². The summed E-state index contributed by atoms with van der Waals surface area (Å²) in [5, 5.41) is 2.80. The Morgan fingerprint density at radius 3 is 2.72 bits per heavy atom. The van der Waals surface area contributed by atoms with Gasteiger partial charge in [0.15, 0.2) is 6.61 Å². The van der Waals surface area contributed by atoms with Gasteiger partial charge >= 0.3 is 5.97 Å². The number of nitrogens with one attached hydrogen (secondary N) is 1. The van der Waals surface area contributed by atoms with E-state index in [0.29, 0.717) is 22.7 Å². The Labute approximate surface area is 169 Å². The molecule has 0 aromatic heterocycles. The molecule has 0 spiro atoms. The molecular formula is C22H24N2O5. The molecule has 2 amide bonds. The number of carbonyl (C=O) groups is 3. The summed E-state index contributed by atoms with van der Waals surface area (Å²) in [4.78, 5) is 38.7. The summed E-state index contributed by atoms with van der Waals surface area (Å²) in [6.45, 7) is 3.31. The molecule has 0 bridgehead atoms. The number of aryl methyl sites for hydroxylation is 1. The van der Waals surface area contributed by atoms with Crippen LogP contribution in [0.1, 0.15) is 24.5 Å². The van der Waals surface area contributed by atoms with Gasteiger partial charge in [0, 0.05) is 18.0 Å². The molecule has 1 atom stereocenters. The number of anilines is 2. The Balaban J connectivity index is 1.69. The molecule has 1 N–H and O–H groups in total. The first kappa shape index (κ1) is 20.4. The van der Waals surface area contributed by atoms with Gasteiger partial charge in [-0.15, -0.1) is 0 Å². The fourth-order valence-electron chi connectivity index (χ4n) is 3.43. The molecule has 152 valence electrons. The molecule has 0 unspecified atom stereocenters. The molecule has 2 aromatic carbocycles. The lowest BCUT2D eigenvalue weighted by atomic mass is 10.1. The molecule has 3 rings (SSSR count). The van der Waals surface area contributed by atoms with Crippen LogP contribution in [0.15, 0.2) is 42.5 Å². The van der Waals surface area contributed by atoms with Gasteiger partial charge in [0.1, 0.15) is 5.75 Å². The normalized spacial score (nSPS) is 15.8. The van der Waals surface area contributed by atoms with Crippen molar-refractivity contribution < 1.29 is 23.9 Å². The summed E-state index contributed by atoms with van der Waals surface area (Å²) in [5.74, 6) is -0.472. The second-order valence-corrected chi connectivity index (χ2v) is 7.03. The third-order valence-corrected chi connectivity index (χ3v) is 4.76. The van der Waals surface area contributed by atoms with Crippen molar-refractivity contribution in [1.82, 2.24) is 0 Å². The predicted octanol–water partition coefficient (Wildman–Crippen LogP) is 2.85. The van der Waals surface area contributed by atoms with Crippen LogP contribution in [0, 0.1) is 6.92 Å². The van der Waals surface area contributed by atoms with Gasteiger partial charge < -0.3 is 19.7 Å². The van der Waals surface area contributed by atoms with Crippen molar-refractivity contribution in [3.8, 4) is 5.75 Å². The van der Waals surface area contributed by atoms with E-state index < -0.39 is 12.6 Å². The smallest absolute Gasteiger partial charge is 0.310 e. The molecule has 7 nitrogen and oxygen atoms in total. The molecule has 7 heteroatoms. The van der Waals surface area contributed by atoms with Crippen LogP contribution in [0.3, 0.4) is 0 Å². The van der Waals surface area contributed by atoms with E-state index in [1.165, 1.54) is 12.0 Å². The number of esters is 1. The molecule has 0 fully saturated rings. The van der Waals surface area contributed by atoms with Crippen LogP contribution >= 0.6 is 0 Å². The van der Waals surface area contributed by atoms with Crippen LogP contribution in [0.2, 0.25) is 0 Å². The number of ether oxygens (including phenoxy) is 2. The first-order valence-corrected chi connectivity index (χ1v) is 9.39. The number of methoxy groups -OCH3 is 1. The predicted molar refractivity (Wildman–Crippen MR) is 109 cm³/mol. The number of benzene rings is 2. The van der Waals surface area contributed by atoms with Gasteiger partial charge in [-0.05, 0) is 32.0 Å². The number of rotatable bonds is 5. The van der Waals surface area contributed by atoms with E-state index in [1.54, 1.807) is 37.3 Å². The summed E-state index contributed by atoms with van der Waals surface area (Å²) >= 11 is 0. The van der Waals surface area contributed by atoms with Crippen molar-refractivity contribution in [2.45, 2.75) is 32.7 Å². The maximum Gasteiger partial charge on any atom is 0.310 e. The Kier molecular flexibility index (Phi) is 6.16. The molecule has 1 aliphatic heterocycles. The van der Waals surface area contributed by atoms with Crippen molar-refractivity contribution in [1.29, 1.82) is 0 Å². The summed E-state index contributed by atoms with van der Waals surface area (Å²) in [7, 11) is 1.54. The largest absolute Gasteiger partial charge is 0.496 e. The van der Waals surface area contributed by atoms with Crippen LogP contribution in [0.5, 0.6) is 5.75 Å². The van der Waals surface area contributed by atoms with Crippen LogP contribution in [-0.4, -0.2) is 37.5 Å². The van der Waals surface area contributed by atoms with Gasteiger partial charge in [-0.3, -0.25) is 14.4 Å². The molecular weight excluding hydrogens is 372 g/mol. The van der Waals surface area contributed by atoms with E-state index >= 15 is 0 Å². The average Bonchev–Trinajstić information content (AvgIpc) is 2.80.